The molecule has 1 aliphatic rings. The summed E-state index contributed by atoms with van der Waals surface area (Å²) in [6.07, 6.45) is 1.40. The number of rotatable bonds is 8. The van der Waals surface area contributed by atoms with E-state index >= 15 is 0 Å². The van der Waals surface area contributed by atoms with Crippen LogP contribution in [0.25, 0.3) is 0 Å². The molecule has 1 unspecified atom stereocenters. The van der Waals surface area contributed by atoms with Gasteiger partial charge in [0.1, 0.15) is 17.6 Å². The van der Waals surface area contributed by atoms with Crippen LogP contribution >= 0.6 is 11.6 Å². The van der Waals surface area contributed by atoms with Gasteiger partial charge in [0.05, 0.1) is 38.2 Å². The Morgan fingerprint density at radius 3 is 2.68 bits per heavy atom. The number of hydrogen-bond donors (Lipinski definition) is 1. The van der Waals surface area contributed by atoms with E-state index in [1.807, 2.05) is 0 Å². The Balaban J connectivity index is 2.12. The van der Waals surface area contributed by atoms with E-state index < -0.39 is 23.6 Å². The fourth-order valence-electron chi connectivity index (χ4n) is 3.00. The molecule has 0 radical (unpaired) electrons. The maximum atomic E-state index is 14.8. The zero-order valence-corrected chi connectivity index (χ0v) is 17.6. The SMILES string of the molecule is COCCOCC1=C(C(=O)OC)C(c2ccc(Cl)cc2F)N=C(c2ncccc2F)N1. The highest BCUT2D eigenvalue weighted by Gasteiger charge is 2.34. The van der Waals surface area contributed by atoms with Crippen molar-refractivity contribution in [1.29, 1.82) is 0 Å². The number of esters is 1. The van der Waals surface area contributed by atoms with E-state index in [0.717, 1.165) is 6.07 Å². The summed E-state index contributed by atoms with van der Waals surface area (Å²) in [5.41, 5.74) is 0.258. The third kappa shape index (κ3) is 5.25. The number of benzene rings is 1. The summed E-state index contributed by atoms with van der Waals surface area (Å²) >= 11 is 5.87. The van der Waals surface area contributed by atoms with Crippen LogP contribution in [0, 0.1) is 11.6 Å². The summed E-state index contributed by atoms with van der Waals surface area (Å²) in [6.45, 7) is 0.486. The van der Waals surface area contributed by atoms with Crippen molar-refractivity contribution in [2.45, 2.75) is 6.04 Å². The van der Waals surface area contributed by atoms with Crippen molar-refractivity contribution in [2.24, 2.45) is 4.99 Å². The Bertz CT molecular complexity index is 1030. The van der Waals surface area contributed by atoms with Gasteiger partial charge in [-0.25, -0.2) is 18.6 Å². The standard InChI is InChI=1S/C21H20ClF2N3O4/c1-29-8-9-31-11-16-17(21(28)30-2)18(13-6-5-12(22)10-15(13)24)27-20(26-16)19-14(23)4-3-7-25-19/h3-7,10,18H,8-9,11H2,1-2H3,(H,26,27). The van der Waals surface area contributed by atoms with Gasteiger partial charge in [0.25, 0.3) is 0 Å². The van der Waals surface area contributed by atoms with E-state index in [0.29, 0.717) is 6.61 Å². The zero-order valence-electron chi connectivity index (χ0n) is 16.8. The Hall–Kier alpha value is -2.88. The summed E-state index contributed by atoms with van der Waals surface area (Å²) in [7, 11) is 2.72. The molecule has 0 fully saturated rings. The molecular weight excluding hydrogens is 432 g/mol. The van der Waals surface area contributed by atoms with E-state index in [2.05, 4.69) is 15.3 Å². The van der Waals surface area contributed by atoms with E-state index in [-0.39, 0.29) is 46.6 Å². The lowest BCUT2D eigenvalue weighted by Gasteiger charge is -2.27. The number of pyridine rings is 1. The molecule has 164 valence electrons. The van der Waals surface area contributed by atoms with Gasteiger partial charge in [-0.2, -0.15) is 0 Å². The maximum Gasteiger partial charge on any atom is 0.338 e. The van der Waals surface area contributed by atoms with Crippen LogP contribution < -0.4 is 5.32 Å². The number of halogens is 3. The second-order valence-electron chi connectivity index (χ2n) is 6.43. The minimum absolute atomic E-state index is 0.0236. The van der Waals surface area contributed by atoms with Gasteiger partial charge in [0.15, 0.2) is 11.7 Å². The molecule has 0 amide bonds. The number of aromatic nitrogens is 1. The summed E-state index contributed by atoms with van der Waals surface area (Å²) in [4.78, 5) is 21.0. The number of amidine groups is 1. The first-order valence-corrected chi connectivity index (χ1v) is 9.62. The predicted octanol–water partition coefficient (Wildman–Crippen LogP) is 3.19. The van der Waals surface area contributed by atoms with Gasteiger partial charge in [-0.1, -0.05) is 17.7 Å². The molecule has 7 nitrogen and oxygen atoms in total. The fraction of sp³-hybridized carbons (Fsp3) is 0.286. The third-order valence-corrected chi connectivity index (χ3v) is 4.68. The lowest BCUT2D eigenvalue weighted by Crippen LogP contribution is -2.36. The van der Waals surface area contributed by atoms with Gasteiger partial charge in [0, 0.05) is 23.9 Å². The van der Waals surface area contributed by atoms with E-state index in [4.69, 9.17) is 25.8 Å². The number of ether oxygens (including phenoxy) is 3. The molecule has 2 aromatic rings. The average Bonchev–Trinajstić information content (AvgIpc) is 2.76. The molecule has 1 aliphatic heterocycles. The van der Waals surface area contributed by atoms with Gasteiger partial charge in [-0.05, 0) is 24.3 Å². The van der Waals surface area contributed by atoms with Crippen molar-refractivity contribution >= 4 is 23.4 Å². The highest BCUT2D eigenvalue weighted by atomic mass is 35.5. The highest BCUT2D eigenvalue weighted by molar-refractivity contribution is 6.30. The van der Waals surface area contributed by atoms with Gasteiger partial charge in [-0.3, -0.25) is 4.99 Å². The van der Waals surface area contributed by atoms with Gasteiger partial charge in [-0.15, -0.1) is 0 Å². The van der Waals surface area contributed by atoms with Crippen molar-refractivity contribution in [3.63, 3.8) is 0 Å². The van der Waals surface area contributed by atoms with Crippen LogP contribution in [0.5, 0.6) is 0 Å². The lowest BCUT2D eigenvalue weighted by atomic mass is 9.95. The largest absolute Gasteiger partial charge is 0.466 e. The number of carbonyl (C=O) groups is 1. The predicted molar refractivity (Wildman–Crippen MR) is 110 cm³/mol. The number of hydrogen-bond acceptors (Lipinski definition) is 7. The minimum Gasteiger partial charge on any atom is -0.466 e. The fourth-order valence-corrected chi connectivity index (χ4v) is 3.16. The van der Waals surface area contributed by atoms with Crippen LogP contribution in [0.15, 0.2) is 52.8 Å². The summed E-state index contributed by atoms with van der Waals surface area (Å²) < 4.78 is 44.6. The molecule has 0 saturated carbocycles. The Morgan fingerprint density at radius 1 is 1.19 bits per heavy atom. The first kappa shape index (κ1) is 22.8. The third-order valence-electron chi connectivity index (χ3n) is 4.45. The molecule has 1 atom stereocenters. The molecule has 0 aliphatic carbocycles. The monoisotopic (exact) mass is 451 g/mol. The molecule has 0 spiro atoms. The van der Waals surface area contributed by atoms with Crippen molar-refractivity contribution in [3.8, 4) is 0 Å². The number of nitrogens with one attached hydrogen (secondary N) is 1. The van der Waals surface area contributed by atoms with Crippen molar-refractivity contribution < 1.29 is 27.8 Å². The first-order chi connectivity index (χ1) is 15.0. The van der Waals surface area contributed by atoms with E-state index in [1.54, 1.807) is 0 Å². The van der Waals surface area contributed by atoms with E-state index in [9.17, 15) is 13.6 Å². The van der Waals surface area contributed by atoms with Gasteiger partial charge in [0.2, 0.25) is 0 Å². The Morgan fingerprint density at radius 2 is 2.00 bits per heavy atom. The van der Waals surface area contributed by atoms with Gasteiger partial charge < -0.3 is 19.5 Å². The molecule has 10 heteroatoms. The molecule has 0 bridgehead atoms. The van der Waals surface area contributed by atoms with Crippen LogP contribution in [-0.4, -0.2) is 50.8 Å². The van der Waals surface area contributed by atoms with Crippen molar-refractivity contribution in [3.05, 3.63) is 75.7 Å². The topological polar surface area (TPSA) is 82.0 Å². The van der Waals surface area contributed by atoms with Crippen LogP contribution in [0.4, 0.5) is 8.78 Å². The number of nitrogens with zero attached hydrogens (tertiary/aromatic N) is 2. The molecule has 3 rings (SSSR count). The minimum atomic E-state index is -1.14. The highest BCUT2D eigenvalue weighted by Crippen LogP contribution is 2.34. The molecule has 2 heterocycles. The number of carbonyl (C=O) groups excluding carboxylic acids is 1. The summed E-state index contributed by atoms with van der Waals surface area (Å²) in [5, 5.41) is 3.08. The number of methoxy groups -OCH3 is 2. The van der Waals surface area contributed by atoms with Gasteiger partial charge >= 0.3 is 5.97 Å². The maximum absolute atomic E-state index is 14.8. The Labute approximate surface area is 182 Å². The summed E-state index contributed by atoms with van der Waals surface area (Å²) in [6, 6.07) is 5.52. The molecule has 1 aromatic heterocycles. The van der Waals surface area contributed by atoms with Crippen LogP contribution in [0.3, 0.4) is 0 Å². The van der Waals surface area contributed by atoms with Crippen molar-refractivity contribution in [1.82, 2.24) is 10.3 Å². The van der Waals surface area contributed by atoms with E-state index in [1.165, 1.54) is 44.7 Å². The smallest absolute Gasteiger partial charge is 0.338 e. The van der Waals surface area contributed by atoms with Crippen molar-refractivity contribution in [2.75, 3.05) is 34.0 Å². The van der Waals surface area contributed by atoms with Crippen LogP contribution in [-0.2, 0) is 19.0 Å². The quantitative estimate of drug-likeness (QED) is 0.490. The zero-order chi connectivity index (χ0) is 22.4. The normalized spacial score (nSPS) is 16.0. The van der Waals surface area contributed by atoms with Crippen LogP contribution in [0.1, 0.15) is 17.3 Å². The first-order valence-electron chi connectivity index (χ1n) is 9.25. The summed E-state index contributed by atoms with van der Waals surface area (Å²) in [5.74, 6) is -2.02. The molecule has 31 heavy (non-hydrogen) atoms. The second-order valence-corrected chi connectivity index (χ2v) is 6.87. The lowest BCUT2D eigenvalue weighted by molar-refractivity contribution is -0.136. The van der Waals surface area contributed by atoms with Crippen LogP contribution in [0.2, 0.25) is 5.02 Å². The Kier molecular flexibility index (Phi) is 7.67. The molecule has 1 aromatic carbocycles. The molecule has 0 saturated heterocycles. The number of aliphatic imine (C=N–C) groups is 1. The average molecular weight is 452 g/mol. The second kappa shape index (κ2) is 10.4. The molecular formula is C21H20ClF2N3O4. The molecule has 1 N–H and O–H groups in total.